The Morgan fingerprint density at radius 2 is 2.22 bits per heavy atom. The van der Waals surface area contributed by atoms with E-state index >= 15 is 0 Å². The first kappa shape index (κ1) is 13.8. The van der Waals surface area contributed by atoms with Crippen molar-refractivity contribution in [2.24, 2.45) is 0 Å². The van der Waals surface area contributed by atoms with Gasteiger partial charge in [0.25, 0.3) is 0 Å². The SMILES string of the molecule is N#CC(c1ccc(Cl)c(Br)c1)N1CCCNCC1. The van der Waals surface area contributed by atoms with Crippen LogP contribution in [0.4, 0.5) is 0 Å². The van der Waals surface area contributed by atoms with Gasteiger partial charge in [-0.05, 0) is 46.6 Å². The summed E-state index contributed by atoms with van der Waals surface area (Å²) in [4.78, 5) is 2.22. The van der Waals surface area contributed by atoms with E-state index in [4.69, 9.17) is 11.6 Å². The molecule has 0 spiro atoms. The molecule has 1 saturated heterocycles. The summed E-state index contributed by atoms with van der Waals surface area (Å²) in [6.07, 6.45) is 1.08. The second-order valence-electron chi connectivity index (χ2n) is 4.34. The third-order valence-electron chi connectivity index (χ3n) is 3.12. The Labute approximate surface area is 121 Å². The maximum atomic E-state index is 9.42. The summed E-state index contributed by atoms with van der Waals surface area (Å²) in [5.41, 5.74) is 0.996. The molecule has 1 aromatic carbocycles. The first-order chi connectivity index (χ1) is 8.72. The first-order valence-electron chi connectivity index (χ1n) is 6.01. The highest BCUT2D eigenvalue weighted by Gasteiger charge is 2.21. The predicted molar refractivity (Wildman–Crippen MR) is 76.6 cm³/mol. The van der Waals surface area contributed by atoms with Crippen LogP contribution in [-0.2, 0) is 0 Å². The Balaban J connectivity index is 2.21. The molecule has 1 aromatic rings. The summed E-state index contributed by atoms with van der Waals surface area (Å²) >= 11 is 9.40. The highest BCUT2D eigenvalue weighted by atomic mass is 79.9. The van der Waals surface area contributed by atoms with E-state index in [1.807, 2.05) is 18.2 Å². The van der Waals surface area contributed by atoms with Gasteiger partial charge in [0.1, 0.15) is 6.04 Å². The van der Waals surface area contributed by atoms with Crippen molar-refractivity contribution in [1.82, 2.24) is 10.2 Å². The second kappa shape index (κ2) is 6.53. The van der Waals surface area contributed by atoms with Gasteiger partial charge in [-0.1, -0.05) is 17.7 Å². The van der Waals surface area contributed by atoms with Crippen molar-refractivity contribution < 1.29 is 0 Å². The zero-order valence-corrected chi connectivity index (χ0v) is 12.3. The molecular formula is C13H15BrClN3. The molecule has 1 aliphatic heterocycles. The number of rotatable bonds is 2. The van der Waals surface area contributed by atoms with Crippen LogP contribution in [0.15, 0.2) is 22.7 Å². The summed E-state index contributed by atoms with van der Waals surface area (Å²) in [6.45, 7) is 3.82. The smallest absolute Gasteiger partial charge is 0.123 e. The lowest BCUT2D eigenvalue weighted by molar-refractivity contribution is 0.252. The molecule has 1 atom stereocenters. The monoisotopic (exact) mass is 327 g/mol. The topological polar surface area (TPSA) is 39.1 Å². The van der Waals surface area contributed by atoms with Crippen LogP contribution in [0.3, 0.4) is 0 Å². The zero-order valence-electron chi connectivity index (χ0n) is 10.00. The Kier molecular flexibility index (Phi) is 5.02. The van der Waals surface area contributed by atoms with E-state index in [0.717, 1.165) is 42.6 Å². The van der Waals surface area contributed by atoms with E-state index in [-0.39, 0.29) is 6.04 Å². The van der Waals surface area contributed by atoms with Crippen molar-refractivity contribution in [3.63, 3.8) is 0 Å². The molecule has 1 heterocycles. The molecule has 5 heteroatoms. The summed E-state index contributed by atoms with van der Waals surface area (Å²) < 4.78 is 0.842. The predicted octanol–water partition coefficient (Wildman–Crippen LogP) is 2.96. The van der Waals surface area contributed by atoms with Crippen LogP contribution in [0, 0.1) is 11.3 Å². The lowest BCUT2D eigenvalue weighted by Gasteiger charge is -2.25. The third kappa shape index (κ3) is 3.24. The van der Waals surface area contributed by atoms with Gasteiger partial charge in [-0.15, -0.1) is 0 Å². The normalized spacial score (nSPS) is 18.9. The Morgan fingerprint density at radius 3 is 2.94 bits per heavy atom. The summed E-state index contributed by atoms with van der Waals surface area (Å²) in [5, 5.41) is 13.4. The third-order valence-corrected chi connectivity index (χ3v) is 4.34. The molecule has 0 saturated carbocycles. The van der Waals surface area contributed by atoms with Gasteiger partial charge >= 0.3 is 0 Å². The average Bonchev–Trinajstić information content (AvgIpc) is 2.64. The maximum absolute atomic E-state index is 9.42. The van der Waals surface area contributed by atoms with Crippen molar-refractivity contribution >= 4 is 27.5 Å². The van der Waals surface area contributed by atoms with Crippen LogP contribution in [0.1, 0.15) is 18.0 Å². The highest BCUT2D eigenvalue weighted by molar-refractivity contribution is 9.10. The number of nitrogens with one attached hydrogen (secondary N) is 1. The van der Waals surface area contributed by atoms with Crippen molar-refractivity contribution in [1.29, 1.82) is 5.26 Å². The fourth-order valence-electron chi connectivity index (χ4n) is 2.17. The molecular weight excluding hydrogens is 314 g/mol. The Hall–Kier alpha value is -0.600. The number of nitrogens with zero attached hydrogens (tertiary/aromatic N) is 2. The molecule has 0 aromatic heterocycles. The van der Waals surface area contributed by atoms with Gasteiger partial charge in [0.2, 0.25) is 0 Å². The van der Waals surface area contributed by atoms with Gasteiger partial charge in [-0.25, -0.2) is 0 Å². The van der Waals surface area contributed by atoms with Gasteiger partial charge in [0.05, 0.1) is 11.1 Å². The molecule has 2 rings (SSSR count). The molecule has 0 amide bonds. The van der Waals surface area contributed by atoms with Crippen LogP contribution < -0.4 is 5.32 Å². The van der Waals surface area contributed by atoms with Crippen molar-refractivity contribution in [2.45, 2.75) is 12.5 Å². The summed E-state index contributed by atoms with van der Waals surface area (Å²) in [6, 6.07) is 7.90. The van der Waals surface area contributed by atoms with Gasteiger partial charge < -0.3 is 5.32 Å². The highest BCUT2D eigenvalue weighted by Crippen LogP contribution is 2.28. The molecule has 0 radical (unpaired) electrons. The quantitative estimate of drug-likeness (QED) is 0.907. The number of nitriles is 1. The molecule has 18 heavy (non-hydrogen) atoms. The van der Waals surface area contributed by atoms with Gasteiger partial charge in [0.15, 0.2) is 0 Å². The van der Waals surface area contributed by atoms with Crippen molar-refractivity contribution in [3.8, 4) is 6.07 Å². The zero-order chi connectivity index (χ0) is 13.0. The van der Waals surface area contributed by atoms with E-state index in [9.17, 15) is 5.26 Å². The van der Waals surface area contributed by atoms with Gasteiger partial charge in [-0.3, -0.25) is 4.90 Å². The van der Waals surface area contributed by atoms with E-state index in [0.29, 0.717) is 5.02 Å². The summed E-state index contributed by atoms with van der Waals surface area (Å²) in [5.74, 6) is 0. The Bertz CT molecular complexity index is 450. The molecule has 0 aliphatic carbocycles. The minimum absolute atomic E-state index is 0.196. The number of benzene rings is 1. The summed E-state index contributed by atoms with van der Waals surface area (Å²) in [7, 11) is 0. The molecule has 1 N–H and O–H groups in total. The lowest BCUT2D eigenvalue weighted by atomic mass is 10.1. The molecule has 3 nitrogen and oxygen atoms in total. The minimum Gasteiger partial charge on any atom is -0.315 e. The van der Waals surface area contributed by atoms with Crippen LogP contribution in [0.25, 0.3) is 0 Å². The van der Waals surface area contributed by atoms with Crippen molar-refractivity contribution in [3.05, 3.63) is 33.3 Å². The average molecular weight is 329 g/mol. The van der Waals surface area contributed by atoms with Gasteiger partial charge in [-0.2, -0.15) is 5.26 Å². The first-order valence-corrected chi connectivity index (χ1v) is 7.19. The van der Waals surface area contributed by atoms with Crippen LogP contribution >= 0.6 is 27.5 Å². The lowest BCUT2D eigenvalue weighted by Crippen LogP contribution is -2.31. The molecule has 1 unspecified atom stereocenters. The van der Waals surface area contributed by atoms with E-state index in [1.165, 1.54) is 0 Å². The van der Waals surface area contributed by atoms with Crippen molar-refractivity contribution in [2.75, 3.05) is 26.2 Å². The fraction of sp³-hybridized carbons (Fsp3) is 0.462. The Morgan fingerprint density at radius 1 is 1.39 bits per heavy atom. The number of hydrogen-bond donors (Lipinski definition) is 1. The van der Waals surface area contributed by atoms with E-state index in [2.05, 4.69) is 32.2 Å². The largest absolute Gasteiger partial charge is 0.315 e. The standard InChI is InChI=1S/C13H15BrClN3/c14-11-8-10(2-3-12(11)15)13(9-16)18-6-1-4-17-5-7-18/h2-3,8,13,17H,1,4-7H2. The van der Waals surface area contributed by atoms with E-state index in [1.54, 1.807) is 0 Å². The maximum Gasteiger partial charge on any atom is 0.123 e. The second-order valence-corrected chi connectivity index (χ2v) is 5.61. The van der Waals surface area contributed by atoms with Crippen LogP contribution in [0.5, 0.6) is 0 Å². The minimum atomic E-state index is -0.196. The number of hydrogen-bond acceptors (Lipinski definition) is 3. The van der Waals surface area contributed by atoms with Crippen LogP contribution in [0.2, 0.25) is 5.02 Å². The molecule has 1 fully saturated rings. The fourth-order valence-corrected chi connectivity index (χ4v) is 2.69. The van der Waals surface area contributed by atoms with Crippen LogP contribution in [-0.4, -0.2) is 31.1 Å². The molecule has 96 valence electrons. The molecule has 1 aliphatic rings. The number of halogens is 2. The molecule has 0 bridgehead atoms. The van der Waals surface area contributed by atoms with E-state index < -0.39 is 0 Å². The van der Waals surface area contributed by atoms with Gasteiger partial charge in [0, 0.05) is 24.1 Å².